The van der Waals surface area contributed by atoms with Crippen LogP contribution in [0.25, 0.3) is 0 Å². The molecule has 0 radical (unpaired) electrons. The van der Waals surface area contributed by atoms with Crippen LogP contribution >= 0.6 is 11.3 Å². The van der Waals surface area contributed by atoms with Gasteiger partial charge in [0.1, 0.15) is 10.7 Å². The van der Waals surface area contributed by atoms with Gasteiger partial charge in [-0.2, -0.15) is 0 Å². The van der Waals surface area contributed by atoms with Crippen LogP contribution in [-0.2, 0) is 4.74 Å². The molecule has 1 atom stereocenters. The Labute approximate surface area is 117 Å². The maximum Gasteiger partial charge on any atom is 0.273 e. The molecule has 0 bridgehead atoms. The fraction of sp³-hybridized carbons (Fsp3) is 0.692. The number of rotatable bonds is 4. The van der Waals surface area contributed by atoms with Crippen molar-refractivity contribution in [3.8, 4) is 0 Å². The Morgan fingerprint density at radius 3 is 2.84 bits per heavy atom. The van der Waals surface area contributed by atoms with E-state index in [1.54, 1.807) is 7.11 Å². The second-order valence-corrected chi connectivity index (χ2v) is 5.94. The van der Waals surface area contributed by atoms with Gasteiger partial charge in [0.15, 0.2) is 0 Å². The summed E-state index contributed by atoms with van der Waals surface area (Å²) in [5, 5.41) is 2.63. The summed E-state index contributed by atoms with van der Waals surface area (Å²) in [4.78, 5) is 18.5. The molecule has 1 saturated heterocycles. The standard InChI is InChI=1S/C13H21N3O2S/c1-9(14)12-15-11(8-19-12)13(17)16-5-3-10(4-6-16)7-18-2/h8-10H,3-7,14H2,1-2H3. The summed E-state index contributed by atoms with van der Waals surface area (Å²) in [5.74, 6) is 0.600. The Morgan fingerprint density at radius 1 is 1.63 bits per heavy atom. The van der Waals surface area contributed by atoms with Crippen LogP contribution in [-0.4, -0.2) is 42.6 Å². The fourth-order valence-electron chi connectivity index (χ4n) is 2.30. The molecule has 2 heterocycles. The lowest BCUT2D eigenvalue weighted by Crippen LogP contribution is -2.39. The number of piperidine rings is 1. The van der Waals surface area contributed by atoms with E-state index in [9.17, 15) is 4.79 Å². The molecule has 1 fully saturated rings. The quantitative estimate of drug-likeness (QED) is 0.912. The van der Waals surface area contributed by atoms with Crippen LogP contribution in [0.3, 0.4) is 0 Å². The van der Waals surface area contributed by atoms with Gasteiger partial charge in [-0.15, -0.1) is 11.3 Å². The van der Waals surface area contributed by atoms with Gasteiger partial charge < -0.3 is 15.4 Å². The number of nitrogens with zero attached hydrogens (tertiary/aromatic N) is 2. The van der Waals surface area contributed by atoms with E-state index in [0.717, 1.165) is 37.5 Å². The topological polar surface area (TPSA) is 68.5 Å². The SMILES string of the molecule is COCC1CCN(C(=O)c2csc(C(C)N)n2)CC1. The lowest BCUT2D eigenvalue weighted by atomic mass is 9.98. The third-order valence-corrected chi connectivity index (χ3v) is 4.48. The van der Waals surface area contributed by atoms with Gasteiger partial charge in [0.05, 0.1) is 6.04 Å². The smallest absolute Gasteiger partial charge is 0.273 e. The van der Waals surface area contributed by atoms with Crippen LogP contribution in [0.2, 0.25) is 0 Å². The number of thiazole rings is 1. The molecule has 1 unspecified atom stereocenters. The van der Waals surface area contributed by atoms with Crippen molar-refractivity contribution in [2.75, 3.05) is 26.8 Å². The van der Waals surface area contributed by atoms with E-state index in [0.29, 0.717) is 11.6 Å². The van der Waals surface area contributed by atoms with E-state index >= 15 is 0 Å². The first-order valence-electron chi connectivity index (χ1n) is 6.61. The number of likely N-dealkylation sites (tertiary alicyclic amines) is 1. The molecule has 19 heavy (non-hydrogen) atoms. The lowest BCUT2D eigenvalue weighted by Gasteiger charge is -2.31. The van der Waals surface area contributed by atoms with Crippen molar-refractivity contribution in [2.24, 2.45) is 11.7 Å². The minimum absolute atomic E-state index is 0.0269. The van der Waals surface area contributed by atoms with Gasteiger partial charge in [0.25, 0.3) is 5.91 Å². The summed E-state index contributed by atoms with van der Waals surface area (Å²) < 4.78 is 5.16. The van der Waals surface area contributed by atoms with Gasteiger partial charge >= 0.3 is 0 Å². The number of carbonyl (C=O) groups is 1. The zero-order valence-corrected chi connectivity index (χ0v) is 12.3. The monoisotopic (exact) mass is 283 g/mol. The zero-order valence-electron chi connectivity index (χ0n) is 11.5. The largest absolute Gasteiger partial charge is 0.384 e. The number of aromatic nitrogens is 1. The number of hydrogen-bond acceptors (Lipinski definition) is 5. The molecule has 0 aliphatic carbocycles. The minimum Gasteiger partial charge on any atom is -0.384 e. The highest BCUT2D eigenvalue weighted by molar-refractivity contribution is 7.09. The van der Waals surface area contributed by atoms with Gasteiger partial charge in [0, 0.05) is 32.2 Å². The Bertz CT molecular complexity index is 425. The number of ether oxygens (including phenoxy) is 1. The fourth-order valence-corrected chi connectivity index (χ4v) is 3.05. The summed E-state index contributed by atoms with van der Waals surface area (Å²) in [6.07, 6.45) is 2.01. The van der Waals surface area contributed by atoms with Crippen molar-refractivity contribution in [3.05, 3.63) is 16.1 Å². The summed E-state index contributed by atoms with van der Waals surface area (Å²) in [5.41, 5.74) is 6.30. The molecule has 0 saturated carbocycles. The first kappa shape index (κ1) is 14.4. The predicted molar refractivity (Wildman–Crippen MR) is 75.2 cm³/mol. The highest BCUT2D eigenvalue weighted by Gasteiger charge is 2.25. The Kier molecular flexibility index (Phi) is 4.90. The maximum absolute atomic E-state index is 12.3. The highest BCUT2D eigenvalue weighted by Crippen LogP contribution is 2.21. The molecular formula is C13H21N3O2S. The van der Waals surface area contributed by atoms with E-state index in [4.69, 9.17) is 10.5 Å². The van der Waals surface area contributed by atoms with Crippen molar-refractivity contribution in [3.63, 3.8) is 0 Å². The number of amides is 1. The molecule has 106 valence electrons. The average Bonchev–Trinajstić information content (AvgIpc) is 2.89. The summed E-state index contributed by atoms with van der Waals surface area (Å²) in [6, 6.07) is -0.112. The molecule has 0 spiro atoms. The Morgan fingerprint density at radius 2 is 2.32 bits per heavy atom. The van der Waals surface area contributed by atoms with E-state index in [1.165, 1.54) is 11.3 Å². The van der Waals surface area contributed by atoms with E-state index in [1.807, 2.05) is 17.2 Å². The van der Waals surface area contributed by atoms with Gasteiger partial charge in [-0.05, 0) is 25.7 Å². The molecular weight excluding hydrogens is 262 g/mol. The molecule has 5 nitrogen and oxygen atoms in total. The van der Waals surface area contributed by atoms with Crippen molar-refractivity contribution >= 4 is 17.2 Å². The Hall–Kier alpha value is -0.980. The van der Waals surface area contributed by atoms with Crippen LogP contribution in [0, 0.1) is 5.92 Å². The number of methoxy groups -OCH3 is 1. The van der Waals surface area contributed by atoms with E-state index in [-0.39, 0.29) is 11.9 Å². The molecule has 1 aromatic heterocycles. The molecule has 2 rings (SSSR count). The molecule has 0 aromatic carbocycles. The zero-order chi connectivity index (χ0) is 13.8. The van der Waals surface area contributed by atoms with Crippen molar-refractivity contribution < 1.29 is 9.53 Å². The molecule has 1 aliphatic heterocycles. The normalized spacial score (nSPS) is 18.6. The van der Waals surface area contributed by atoms with Crippen molar-refractivity contribution in [1.82, 2.24) is 9.88 Å². The molecule has 1 amide bonds. The lowest BCUT2D eigenvalue weighted by molar-refractivity contribution is 0.0609. The second-order valence-electron chi connectivity index (χ2n) is 5.05. The Balaban J connectivity index is 1.93. The number of carbonyl (C=O) groups excluding carboxylic acids is 1. The van der Waals surface area contributed by atoms with Crippen LogP contribution < -0.4 is 5.73 Å². The third-order valence-electron chi connectivity index (χ3n) is 3.43. The van der Waals surface area contributed by atoms with Gasteiger partial charge in [-0.25, -0.2) is 4.98 Å². The van der Waals surface area contributed by atoms with Crippen molar-refractivity contribution in [2.45, 2.75) is 25.8 Å². The molecule has 6 heteroatoms. The average molecular weight is 283 g/mol. The third kappa shape index (κ3) is 3.52. The highest BCUT2D eigenvalue weighted by atomic mass is 32.1. The second kappa shape index (κ2) is 6.45. The molecule has 1 aliphatic rings. The van der Waals surface area contributed by atoms with Gasteiger partial charge in [-0.1, -0.05) is 0 Å². The predicted octanol–water partition coefficient (Wildman–Crippen LogP) is 1.66. The summed E-state index contributed by atoms with van der Waals surface area (Å²) in [6.45, 7) is 4.24. The summed E-state index contributed by atoms with van der Waals surface area (Å²) >= 11 is 1.46. The van der Waals surface area contributed by atoms with Gasteiger partial charge in [-0.3, -0.25) is 4.79 Å². The van der Waals surface area contributed by atoms with Crippen LogP contribution in [0.15, 0.2) is 5.38 Å². The molecule has 2 N–H and O–H groups in total. The number of nitrogens with two attached hydrogens (primary N) is 1. The van der Waals surface area contributed by atoms with Gasteiger partial charge in [0.2, 0.25) is 0 Å². The van der Waals surface area contributed by atoms with E-state index in [2.05, 4.69) is 4.98 Å². The first-order valence-corrected chi connectivity index (χ1v) is 7.49. The molecule has 1 aromatic rings. The van der Waals surface area contributed by atoms with E-state index < -0.39 is 0 Å². The van der Waals surface area contributed by atoms with Crippen LogP contribution in [0.1, 0.15) is 41.3 Å². The minimum atomic E-state index is -0.112. The summed E-state index contributed by atoms with van der Waals surface area (Å²) in [7, 11) is 1.72. The first-order chi connectivity index (χ1) is 9.11. The maximum atomic E-state index is 12.3. The van der Waals surface area contributed by atoms with Crippen LogP contribution in [0.5, 0.6) is 0 Å². The van der Waals surface area contributed by atoms with Crippen molar-refractivity contribution in [1.29, 1.82) is 0 Å². The van der Waals surface area contributed by atoms with Crippen LogP contribution in [0.4, 0.5) is 0 Å². The number of hydrogen-bond donors (Lipinski definition) is 1.